The Morgan fingerprint density at radius 1 is 1.17 bits per heavy atom. The maximum absolute atomic E-state index is 4.72. The molecule has 1 aromatic heterocycles. The number of fused-ring (bicyclic) bond motifs is 1. The van der Waals surface area contributed by atoms with Crippen molar-refractivity contribution in [2.24, 2.45) is 12.0 Å². The first-order valence-electron chi connectivity index (χ1n) is 9.83. The van der Waals surface area contributed by atoms with Gasteiger partial charge >= 0.3 is 0 Å². The zero-order valence-electron chi connectivity index (χ0n) is 17.2. The molecule has 1 saturated heterocycles. The molecule has 1 aliphatic heterocycles. The van der Waals surface area contributed by atoms with Crippen molar-refractivity contribution < 1.29 is 0 Å². The van der Waals surface area contributed by atoms with Crippen molar-refractivity contribution in [1.29, 1.82) is 0 Å². The molecule has 1 fully saturated rings. The first-order chi connectivity index (χ1) is 13.6. The third kappa shape index (κ3) is 4.83. The number of nitrogens with zero attached hydrogens (tertiary/aromatic N) is 4. The van der Waals surface area contributed by atoms with Crippen LogP contribution in [0.25, 0.3) is 11.0 Å². The van der Waals surface area contributed by atoms with Crippen LogP contribution in [-0.2, 0) is 13.6 Å². The second kappa shape index (κ2) is 9.47. The van der Waals surface area contributed by atoms with Gasteiger partial charge in [-0.2, -0.15) is 0 Å². The Morgan fingerprint density at radius 2 is 1.93 bits per heavy atom. The molecule has 29 heavy (non-hydrogen) atoms. The van der Waals surface area contributed by atoms with Crippen molar-refractivity contribution in [3.63, 3.8) is 0 Å². The highest BCUT2D eigenvalue weighted by Crippen LogP contribution is 2.20. The number of rotatable bonds is 4. The lowest BCUT2D eigenvalue weighted by Gasteiger charge is -2.20. The third-order valence-electron chi connectivity index (χ3n) is 5.45. The number of benzene rings is 2. The van der Waals surface area contributed by atoms with E-state index in [1.54, 1.807) is 0 Å². The number of guanidine groups is 1. The molecule has 1 aliphatic rings. The number of aliphatic imine (C=N–C) groups is 1. The normalized spacial score (nSPS) is 16.7. The minimum Gasteiger partial charge on any atom is -0.369 e. The van der Waals surface area contributed by atoms with E-state index in [4.69, 9.17) is 4.98 Å². The Labute approximate surface area is 189 Å². The summed E-state index contributed by atoms with van der Waals surface area (Å²) in [6.07, 6.45) is 1.10. The molecule has 0 spiro atoms. The van der Waals surface area contributed by atoms with Crippen LogP contribution in [0.1, 0.15) is 17.8 Å². The van der Waals surface area contributed by atoms with Gasteiger partial charge in [0.25, 0.3) is 0 Å². The largest absolute Gasteiger partial charge is 0.369 e. The Hall–Kier alpha value is -2.29. The molecule has 7 heteroatoms. The highest BCUT2D eigenvalue weighted by molar-refractivity contribution is 14.0. The van der Waals surface area contributed by atoms with Crippen molar-refractivity contribution in [2.75, 3.05) is 25.0 Å². The first-order valence-corrected chi connectivity index (χ1v) is 9.83. The number of anilines is 1. The van der Waals surface area contributed by atoms with Crippen molar-refractivity contribution in [3.05, 3.63) is 59.9 Å². The lowest BCUT2D eigenvalue weighted by molar-refractivity contribution is 0.642. The lowest BCUT2D eigenvalue weighted by Crippen LogP contribution is -2.44. The Balaban J connectivity index is 0.00000240. The molecule has 0 amide bonds. The summed E-state index contributed by atoms with van der Waals surface area (Å²) >= 11 is 0. The zero-order chi connectivity index (χ0) is 19.5. The van der Waals surface area contributed by atoms with Gasteiger partial charge in [-0.3, -0.25) is 4.99 Å². The van der Waals surface area contributed by atoms with E-state index >= 15 is 0 Å². The summed E-state index contributed by atoms with van der Waals surface area (Å²) in [6.45, 7) is 4.80. The highest BCUT2D eigenvalue weighted by atomic mass is 127. The van der Waals surface area contributed by atoms with Gasteiger partial charge in [-0.1, -0.05) is 29.8 Å². The SMILES string of the molecule is CN=C(NCc1nc2ccccc2n1C)NC1CCN(c2ccc(C)cc2)C1.I. The molecule has 6 nitrogen and oxygen atoms in total. The number of nitrogens with one attached hydrogen (secondary N) is 2. The summed E-state index contributed by atoms with van der Waals surface area (Å²) in [6, 6.07) is 17.3. The fraction of sp³-hybridized carbons (Fsp3) is 0.364. The first kappa shape index (κ1) is 21.4. The summed E-state index contributed by atoms with van der Waals surface area (Å²) in [5.74, 6) is 1.82. The fourth-order valence-electron chi connectivity index (χ4n) is 3.77. The fourth-order valence-corrected chi connectivity index (χ4v) is 3.77. The van der Waals surface area contributed by atoms with Crippen LogP contribution in [0.15, 0.2) is 53.5 Å². The summed E-state index contributed by atoms with van der Waals surface area (Å²) in [7, 11) is 3.87. The molecule has 2 heterocycles. The van der Waals surface area contributed by atoms with Gasteiger partial charge in [0.1, 0.15) is 5.82 Å². The van der Waals surface area contributed by atoms with E-state index < -0.39 is 0 Å². The van der Waals surface area contributed by atoms with Crippen molar-refractivity contribution in [1.82, 2.24) is 20.2 Å². The second-order valence-corrected chi connectivity index (χ2v) is 7.41. The standard InChI is InChI=1S/C22H28N6.HI/c1-16-8-10-18(11-9-16)28-13-12-17(15-28)25-22(23-2)24-14-21-26-19-6-4-5-7-20(19)27(21)3;/h4-11,17H,12-15H2,1-3H3,(H2,23,24,25);1H. The molecule has 1 unspecified atom stereocenters. The van der Waals surface area contributed by atoms with Crippen molar-refractivity contribution in [3.8, 4) is 0 Å². The lowest BCUT2D eigenvalue weighted by atomic mass is 10.2. The van der Waals surface area contributed by atoms with E-state index in [9.17, 15) is 0 Å². The Morgan fingerprint density at radius 3 is 2.66 bits per heavy atom. The van der Waals surface area contributed by atoms with Gasteiger partial charge in [0.2, 0.25) is 0 Å². The molecule has 3 aromatic rings. The van der Waals surface area contributed by atoms with Gasteiger partial charge in [0.15, 0.2) is 5.96 Å². The average Bonchev–Trinajstić information content (AvgIpc) is 3.31. The number of hydrogen-bond donors (Lipinski definition) is 2. The molecular weight excluding hydrogens is 475 g/mol. The van der Waals surface area contributed by atoms with E-state index in [1.165, 1.54) is 11.3 Å². The van der Waals surface area contributed by atoms with Crippen LogP contribution in [0.4, 0.5) is 5.69 Å². The van der Waals surface area contributed by atoms with Crippen LogP contribution >= 0.6 is 24.0 Å². The Bertz CT molecular complexity index is 979. The quantitative estimate of drug-likeness (QED) is 0.325. The van der Waals surface area contributed by atoms with Crippen molar-refractivity contribution >= 4 is 46.7 Å². The highest BCUT2D eigenvalue weighted by Gasteiger charge is 2.23. The molecule has 154 valence electrons. The Kier molecular flexibility index (Phi) is 7.00. The molecule has 2 aromatic carbocycles. The third-order valence-corrected chi connectivity index (χ3v) is 5.45. The number of aromatic nitrogens is 2. The van der Waals surface area contributed by atoms with Crippen molar-refractivity contribution in [2.45, 2.75) is 25.9 Å². The van der Waals surface area contributed by atoms with E-state index in [-0.39, 0.29) is 24.0 Å². The average molecular weight is 504 g/mol. The molecule has 0 bridgehead atoms. The van der Waals surface area contributed by atoms with Gasteiger partial charge in [-0.15, -0.1) is 24.0 Å². The number of imidazole rings is 1. The number of para-hydroxylation sites is 2. The summed E-state index contributed by atoms with van der Waals surface area (Å²) < 4.78 is 2.13. The molecule has 0 aliphatic carbocycles. The zero-order valence-corrected chi connectivity index (χ0v) is 19.6. The number of aryl methyl sites for hydroxylation is 2. The molecule has 2 N–H and O–H groups in total. The predicted octanol–water partition coefficient (Wildman–Crippen LogP) is 3.44. The van der Waals surface area contributed by atoms with Gasteiger partial charge in [0.05, 0.1) is 17.6 Å². The van der Waals surface area contributed by atoms with Gasteiger partial charge in [-0.25, -0.2) is 4.98 Å². The van der Waals surface area contributed by atoms with Crippen LogP contribution in [0.3, 0.4) is 0 Å². The number of hydrogen-bond acceptors (Lipinski definition) is 3. The van der Waals surface area contributed by atoms with Gasteiger partial charge in [-0.05, 0) is 37.6 Å². The summed E-state index contributed by atoms with van der Waals surface area (Å²) in [5, 5.41) is 6.97. The van der Waals surface area contributed by atoms with E-state index in [0.717, 1.165) is 42.3 Å². The van der Waals surface area contributed by atoms with Crippen LogP contribution < -0.4 is 15.5 Å². The van der Waals surface area contributed by atoms with E-state index in [2.05, 4.69) is 69.4 Å². The minimum absolute atomic E-state index is 0. The van der Waals surface area contributed by atoms with E-state index in [1.807, 2.05) is 25.2 Å². The maximum atomic E-state index is 4.72. The molecule has 4 rings (SSSR count). The summed E-state index contributed by atoms with van der Waals surface area (Å²) in [5.41, 5.74) is 4.75. The molecular formula is C22H29IN6. The smallest absolute Gasteiger partial charge is 0.191 e. The van der Waals surface area contributed by atoms with E-state index in [0.29, 0.717) is 12.6 Å². The molecule has 0 radical (unpaired) electrons. The van der Waals surface area contributed by atoms with Gasteiger partial charge < -0.3 is 20.1 Å². The predicted molar refractivity (Wildman–Crippen MR) is 131 cm³/mol. The second-order valence-electron chi connectivity index (χ2n) is 7.41. The van der Waals surface area contributed by atoms with Gasteiger partial charge in [0, 0.05) is 38.9 Å². The van der Waals surface area contributed by atoms with Crippen LogP contribution in [-0.4, -0.2) is 41.7 Å². The summed E-state index contributed by atoms with van der Waals surface area (Å²) in [4.78, 5) is 11.5. The number of halogens is 1. The molecule has 0 saturated carbocycles. The minimum atomic E-state index is 0. The van der Waals surface area contributed by atoms with Crippen LogP contribution in [0.2, 0.25) is 0 Å². The maximum Gasteiger partial charge on any atom is 0.191 e. The topological polar surface area (TPSA) is 57.5 Å². The van der Waals surface area contributed by atoms with Crippen LogP contribution in [0, 0.1) is 6.92 Å². The van der Waals surface area contributed by atoms with Crippen LogP contribution in [0.5, 0.6) is 0 Å². The molecule has 1 atom stereocenters. The monoisotopic (exact) mass is 504 g/mol.